The first-order valence-electron chi connectivity index (χ1n) is 7.90. The number of likely N-dealkylation sites (tertiary alicyclic amines) is 1. The molecule has 4 rings (SSSR count). The van der Waals surface area contributed by atoms with E-state index in [1.165, 1.54) is 0 Å². The van der Waals surface area contributed by atoms with Crippen LogP contribution in [0, 0.1) is 0 Å². The van der Waals surface area contributed by atoms with Crippen molar-refractivity contribution >= 4 is 5.91 Å². The summed E-state index contributed by atoms with van der Waals surface area (Å²) in [5.74, 6) is 0.800. The van der Waals surface area contributed by atoms with Crippen LogP contribution in [-0.2, 0) is 0 Å². The van der Waals surface area contributed by atoms with Gasteiger partial charge < -0.3 is 14.2 Å². The summed E-state index contributed by atoms with van der Waals surface area (Å²) in [6.07, 6.45) is 5.55. The molecule has 1 aliphatic rings. The number of ether oxygens (including phenoxy) is 1. The van der Waals surface area contributed by atoms with Crippen molar-refractivity contribution < 1.29 is 14.1 Å². The maximum Gasteiger partial charge on any atom is 0.276 e. The van der Waals surface area contributed by atoms with Crippen molar-refractivity contribution in [3.05, 3.63) is 54.6 Å². The highest BCUT2D eigenvalue weighted by molar-refractivity contribution is 5.93. The Morgan fingerprint density at radius 1 is 1.28 bits per heavy atom. The van der Waals surface area contributed by atoms with Crippen LogP contribution in [0.25, 0.3) is 11.3 Å². The van der Waals surface area contributed by atoms with Gasteiger partial charge in [-0.1, -0.05) is 5.16 Å². The Kier molecular flexibility index (Phi) is 4.07. The molecule has 0 radical (unpaired) electrons. The first-order chi connectivity index (χ1) is 12.3. The Morgan fingerprint density at radius 3 is 3.00 bits per heavy atom. The van der Waals surface area contributed by atoms with E-state index in [0.29, 0.717) is 24.7 Å². The molecule has 0 N–H and O–H groups in total. The monoisotopic (exact) mass is 337 g/mol. The molecule has 8 nitrogen and oxygen atoms in total. The minimum atomic E-state index is -0.177. The average Bonchev–Trinajstić information content (AvgIpc) is 3.33. The molecule has 4 heterocycles. The quantitative estimate of drug-likeness (QED) is 0.716. The number of nitrogens with zero attached hydrogens (tertiary/aromatic N) is 5. The minimum Gasteiger partial charge on any atom is -0.471 e. The number of carbonyl (C=O) groups is 1. The van der Waals surface area contributed by atoms with Gasteiger partial charge in [-0.25, -0.2) is 0 Å². The summed E-state index contributed by atoms with van der Waals surface area (Å²) in [6, 6.07) is 8.79. The van der Waals surface area contributed by atoms with E-state index in [0.717, 1.165) is 12.0 Å². The third-order valence-electron chi connectivity index (χ3n) is 3.94. The van der Waals surface area contributed by atoms with Crippen LogP contribution in [-0.4, -0.2) is 50.3 Å². The molecule has 1 unspecified atom stereocenters. The Morgan fingerprint density at radius 2 is 2.20 bits per heavy atom. The SMILES string of the molecule is O=C(c1cc(-c2cccnc2)on1)N1CCC(Oc2cccnn2)C1. The minimum absolute atomic E-state index is 0.106. The van der Waals surface area contributed by atoms with Crippen molar-refractivity contribution in [2.75, 3.05) is 13.1 Å². The van der Waals surface area contributed by atoms with E-state index in [9.17, 15) is 4.79 Å². The highest BCUT2D eigenvalue weighted by Crippen LogP contribution is 2.22. The van der Waals surface area contributed by atoms with Gasteiger partial charge in [0, 0.05) is 49.3 Å². The Labute approximate surface area is 143 Å². The molecule has 0 aliphatic carbocycles. The summed E-state index contributed by atoms with van der Waals surface area (Å²) >= 11 is 0. The van der Waals surface area contributed by atoms with Gasteiger partial charge in [0.15, 0.2) is 11.5 Å². The zero-order chi connectivity index (χ0) is 17.1. The van der Waals surface area contributed by atoms with E-state index in [-0.39, 0.29) is 17.7 Å². The number of carbonyl (C=O) groups excluding carboxylic acids is 1. The molecule has 126 valence electrons. The van der Waals surface area contributed by atoms with Gasteiger partial charge in [-0.2, -0.15) is 5.10 Å². The van der Waals surface area contributed by atoms with Crippen LogP contribution in [0.15, 0.2) is 53.4 Å². The van der Waals surface area contributed by atoms with Crippen LogP contribution in [0.3, 0.4) is 0 Å². The highest BCUT2D eigenvalue weighted by atomic mass is 16.5. The van der Waals surface area contributed by atoms with Gasteiger partial charge in [0.1, 0.15) is 6.10 Å². The molecule has 3 aromatic rings. The van der Waals surface area contributed by atoms with Crippen LogP contribution >= 0.6 is 0 Å². The van der Waals surface area contributed by atoms with Gasteiger partial charge in [0.25, 0.3) is 5.91 Å². The molecule has 1 saturated heterocycles. The maximum atomic E-state index is 12.6. The lowest BCUT2D eigenvalue weighted by atomic mass is 10.2. The smallest absolute Gasteiger partial charge is 0.276 e. The number of hydrogen-bond acceptors (Lipinski definition) is 7. The van der Waals surface area contributed by atoms with Gasteiger partial charge in [0.2, 0.25) is 5.88 Å². The fraction of sp³-hybridized carbons (Fsp3) is 0.235. The lowest BCUT2D eigenvalue weighted by molar-refractivity contribution is 0.0761. The van der Waals surface area contributed by atoms with E-state index in [1.54, 1.807) is 47.8 Å². The van der Waals surface area contributed by atoms with Crippen LogP contribution < -0.4 is 4.74 Å². The molecule has 1 fully saturated rings. The third kappa shape index (κ3) is 3.32. The van der Waals surface area contributed by atoms with Crippen LogP contribution in [0.1, 0.15) is 16.9 Å². The molecule has 1 aliphatic heterocycles. The number of aromatic nitrogens is 4. The number of rotatable bonds is 4. The van der Waals surface area contributed by atoms with Crippen molar-refractivity contribution in [3.63, 3.8) is 0 Å². The number of amides is 1. The van der Waals surface area contributed by atoms with Gasteiger partial charge in [-0.3, -0.25) is 9.78 Å². The predicted molar refractivity (Wildman–Crippen MR) is 86.7 cm³/mol. The molecule has 0 spiro atoms. The Balaban J connectivity index is 1.41. The molecule has 0 bridgehead atoms. The average molecular weight is 337 g/mol. The molecule has 0 saturated carbocycles. The maximum absolute atomic E-state index is 12.6. The van der Waals surface area contributed by atoms with Crippen molar-refractivity contribution in [2.24, 2.45) is 0 Å². The fourth-order valence-corrected chi connectivity index (χ4v) is 2.71. The van der Waals surface area contributed by atoms with E-state index in [2.05, 4.69) is 20.3 Å². The van der Waals surface area contributed by atoms with Crippen molar-refractivity contribution in [1.29, 1.82) is 0 Å². The molecular formula is C17H15N5O3. The van der Waals surface area contributed by atoms with Gasteiger partial charge in [0.05, 0.1) is 6.54 Å². The number of pyridine rings is 1. The summed E-state index contributed by atoms with van der Waals surface area (Å²) in [7, 11) is 0. The summed E-state index contributed by atoms with van der Waals surface area (Å²) < 4.78 is 11.0. The third-order valence-corrected chi connectivity index (χ3v) is 3.94. The summed E-state index contributed by atoms with van der Waals surface area (Å²) in [4.78, 5) is 18.3. The zero-order valence-electron chi connectivity index (χ0n) is 13.3. The van der Waals surface area contributed by atoms with Crippen molar-refractivity contribution in [2.45, 2.75) is 12.5 Å². The van der Waals surface area contributed by atoms with Crippen molar-refractivity contribution in [1.82, 2.24) is 25.2 Å². The van der Waals surface area contributed by atoms with E-state index >= 15 is 0 Å². The van der Waals surface area contributed by atoms with E-state index < -0.39 is 0 Å². The molecule has 1 amide bonds. The Bertz CT molecular complexity index is 853. The normalized spacial score (nSPS) is 16.8. The highest BCUT2D eigenvalue weighted by Gasteiger charge is 2.30. The molecule has 25 heavy (non-hydrogen) atoms. The largest absolute Gasteiger partial charge is 0.471 e. The predicted octanol–water partition coefficient (Wildman–Crippen LogP) is 1.82. The number of hydrogen-bond donors (Lipinski definition) is 0. The second-order valence-electron chi connectivity index (χ2n) is 5.66. The second kappa shape index (κ2) is 6.68. The van der Waals surface area contributed by atoms with Crippen LogP contribution in [0.5, 0.6) is 5.88 Å². The van der Waals surface area contributed by atoms with Gasteiger partial charge >= 0.3 is 0 Å². The standard InChI is InChI=1S/C17H15N5O3/c23-17(14-9-15(25-21-14)12-3-1-6-18-10-12)22-8-5-13(11-22)24-16-4-2-7-19-20-16/h1-4,6-7,9-10,13H,5,8,11H2. The topological polar surface area (TPSA) is 94.2 Å². The Hall–Kier alpha value is -3.29. The summed E-state index contributed by atoms with van der Waals surface area (Å²) in [6.45, 7) is 1.07. The summed E-state index contributed by atoms with van der Waals surface area (Å²) in [5.41, 5.74) is 1.05. The van der Waals surface area contributed by atoms with Crippen LogP contribution in [0.2, 0.25) is 0 Å². The molecular weight excluding hydrogens is 322 g/mol. The van der Waals surface area contributed by atoms with E-state index in [1.807, 2.05) is 6.07 Å². The molecule has 3 aromatic heterocycles. The molecule has 0 aromatic carbocycles. The zero-order valence-corrected chi connectivity index (χ0v) is 13.3. The van der Waals surface area contributed by atoms with Crippen LogP contribution in [0.4, 0.5) is 0 Å². The lowest BCUT2D eigenvalue weighted by Crippen LogP contribution is -2.31. The fourth-order valence-electron chi connectivity index (χ4n) is 2.71. The van der Waals surface area contributed by atoms with Gasteiger partial charge in [-0.15, -0.1) is 5.10 Å². The van der Waals surface area contributed by atoms with E-state index in [4.69, 9.17) is 9.26 Å². The lowest BCUT2D eigenvalue weighted by Gasteiger charge is -2.15. The first kappa shape index (κ1) is 15.3. The molecule has 1 atom stereocenters. The van der Waals surface area contributed by atoms with Gasteiger partial charge in [-0.05, 0) is 18.2 Å². The summed E-state index contributed by atoms with van der Waals surface area (Å²) in [5, 5.41) is 11.6. The van der Waals surface area contributed by atoms with Crippen molar-refractivity contribution in [3.8, 4) is 17.2 Å². The first-order valence-corrected chi connectivity index (χ1v) is 7.90. The molecule has 8 heteroatoms. The second-order valence-corrected chi connectivity index (χ2v) is 5.66.